The Morgan fingerprint density at radius 1 is 1.42 bits per heavy atom. The maximum absolute atomic E-state index is 13.0. The lowest BCUT2D eigenvalue weighted by atomic mass is 10.2. The first-order valence-electron chi connectivity index (χ1n) is 7.71. The van der Waals surface area contributed by atoms with Gasteiger partial charge in [0.05, 0.1) is 12.9 Å². The van der Waals surface area contributed by atoms with E-state index in [1.807, 2.05) is 0 Å². The number of nitrogens with zero attached hydrogens (tertiary/aromatic N) is 2. The van der Waals surface area contributed by atoms with E-state index in [0.717, 1.165) is 17.8 Å². The predicted octanol–water partition coefficient (Wildman–Crippen LogP) is 3.39. The third kappa shape index (κ3) is 6.03. The van der Waals surface area contributed by atoms with Crippen molar-refractivity contribution in [3.63, 3.8) is 0 Å². The summed E-state index contributed by atoms with van der Waals surface area (Å²) in [5.41, 5.74) is -1.02. The molecule has 6 nitrogen and oxygen atoms in total. The lowest BCUT2D eigenvalue weighted by Crippen LogP contribution is -2.35. The molecular formula is C16H18F3N3O3S. The number of halogens is 3. The normalized spacial score (nSPS) is 12.8. The van der Waals surface area contributed by atoms with Crippen LogP contribution in [0.25, 0.3) is 11.5 Å². The van der Waals surface area contributed by atoms with Crippen molar-refractivity contribution in [3.05, 3.63) is 30.2 Å². The van der Waals surface area contributed by atoms with Crippen LogP contribution in [0.2, 0.25) is 0 Å². The van der Waals surface area contributed by atoms with Gasteiger partial charge in [0.2, 0.25) is 5.91 Å². The van der Waals surface area contributed by atoms with Crippen LogP contribution in [-0.4, -0.2) is 41.4 Å². The topological polar surface area (TPSA) is 77.2 Å². The molecule has 0 bridgehead atoms. The van der Waals surface area contributed by atoms with Gasteiger partial charge in [-0.3, -0.25) is 4.79 Å². The monoisotopic (exact) mass is 389 g/mol. The Morgan fingerprint density at radius 3 is 2.81 bits per heavy atom. The molecule has 0 aliphatic heterocycles. The molecule has 142 valence electrons. The molecule has 0 spiro atoms. The van der Waals surface area contributed by atoms with Gasteiger partial charge in [-0.25, -0.2) is 9.97 Å². The van der Waals surface area contributed by atoms with Crippen molar-refractivity contribution >= 4 is 17.7 Å². The molecule has 0 saturated carbocycles. The number of nitrogens with one attached hydrogen (secondary N) is 1. The fourth-order valence-electron chi connectivity index (χ4n) is 2.06. The minimum atomic E-state index is -4.60. The second-order valence-electron chi connectivity index (χ2n) is 5.42. The Hall–Kier alpha value is -2.07. The van der Waals surface area contributed by atoms with Crippen LogP contribution in [0.1, 0.15) is 19.0 Å². The van der Waals surface area contributed by atoms with E-state index >= 15 is 0 Å². The van der Waals surface area contributed by atoms with Crippen LogP contribution in [0, 0.1) is 0 Å². The summed E-state index contributed by atoms with van der Waals surface area (Å²) in [6.07, 6.45) is -3.13. The zero-order valence-electron chi connectivity index (χ0n) is 14.2. The number of carbonyl (C=O) groups excluding carboxylic acids is 1. The molecule has 0 aliphatic rings. The van der Waals surface area contributed by atoms with Crippen molar-refractivity contribution in [3.8, 4) is 11.5 Å². The van der Waals surface area contributed by atoms with Crippen LogP contribution in [0.15, 0.2) is 34.0 Å². The third-order valence-electron chi connectivity index (χ3n) is 3.15. The van der Waals surface area contributed by atoms with Crippen LogP contribution in [-0.2, 0) is 15.7 Å². The maximum Gasteiger partial charge on any atom is 0.433 e. The lowest BCUT2D eigenvalue weighted by Gasteiger charge is -2.12. The zero-order chi connectivity index (χ0) is 19.2. The summed E-state index contributed by atoms with van der Waals surface area (Å²) in [5, 5.41) is 2.66. The highest BCUT2D eigenvalue weighted by atomic mass is 32.2. The van der Waals surface area contributed by atoms with E-state index in [9.17, 15) is 18.0 Å². The number of carbonyl (C=O) groups is 1. The van der Waals surface area contributed by atoms with Crippen molar-refractivity contribution < 1.29 is 27.1 Å². The predicted molar refractivity (Wildman–Crippen MR) is 89.6 cm³/mol. The molecule has 1 unspecified atom stereocenters. The molecule has 2 rings (SSSR count). The van der Waals surface area contributed by atoms with Crippen molar-refractivity contribution in [1.29, 1.82) is 0 Å². The number of alkyl halides is 3. The fourth-order valence-corrected chi connectivity index (χ4v) is 2.85. The van der Waals surface area contributed by atoms with Gasteiger partial charge in [0, 0.05) is 25.3 Å². The number of amides is 1. The molecule has 0 aliphatic carbocycles. The molecule has 1 amide bonds. The summed E-state index contributed by atoms with van der Waals surface area (Å²) < 4.78 is 49.2. The highest BCUT2D eigenvalue weighted by Crippen LogP contribution is 2.32. The first-order chi connectivity index (χ1) is 12.3. The molecule has 2 aromatic heterocycles. The highest BCUT2D eigenvalue weighted by molar-refractivity contribution is 7.99. The third-order valence-corrected chi connectivity index (χ3v) is 4.00. The number of hydrogen-bond donors (Lipinski definition) is 1. The quantitative estimate of drug-likeness (QED) is 0.551. The van der Waals surface area contributed by atoms with Crippen LogP contribution < -0.4 is 5.32 Å². The highest BCUT2D eigenvalue weighted by Gasteiger charge is 2.34. The van der Waals surface area contributed by atoms with Gasteiger partial charge in [0.25, 0.3) is 0 Å². The zero-order valence-corrected chi connectivity index (χ0v) is 15.0. The van der Waals surface area contributed by atoms with Crippen LogP contribution >= 0.6 is 11.8 Å². The van der Waals surface area contributed by atoms with E-state index in [0.29, 0.717) is 6.61 Å². The van der Waals surface area contributed by atoms with Crippen molar-refractivity contribution in [2.45, 2.75) is 30.7 Å². The summed E-state index contributed by atoms with van der Waals surface area (Å²) in [5.74, 6) is 0.232. The fraction of sp³-hybridized carbons (Fsp3) is 0.438. The van der Waals surface area contributed by atoms with Gasteiger partial charge in [-0.1, -0.05) is 11.8 Å². The van der Waals surface area contributed by atoms with Crippen molar-refractivity contribution in [1.82, 2.24) is 15.3 Å². The smallest absolute Gasteiger partial charge is 0.433 e. The van der Waals surface area contributed by atoms with Gasteiger partial charge in [-0.2, -0.15) is 13.2 Å². The van der Waals surface area contributed by atoms with E-state index in [4.69, 9.17) is 9.15 Å². The average Bonchev–Trinajstić information content (AvgIpc) is 3.08. The van der Waals surface area contributed by atoms with Crippen molar-refractivity contribution in [2.24, 2.45) is 0 Å². The summed E-state index contributed by atoms with van der Waals surface area (Å²) in [6.45, 7) is 2.17. The number of ether oxygens (including phenoxy) is 1. The maximum atomic E-state index is 13.0. The Balaban J connectivity index is 2.04. The number of aromatic nitrogens is 2. The molecule has 2 heterocycles. The van der Waals surface area contributed by atoms with Gasteiger partial charge >= 0.3 is 6.18 Å². The number of methoxy groups -OCH3 is 1. The van der Waals surface area contributed by atoms with Crippen LogP contribution in [0.3, 0.4) is 0 Å². The van der Waals surface area contributed by atoms with Gasteiger partial charge in [-0.15, -0.1) is 0 Å². The van der Waals surface area contributed by atoms with Gasteiger partial charge in [0.1, 0.15) is 11.4 Å². The van der Waals surface area contributed by atoms with Crippen LogP contribution in [0.5, 0.6) is 0 Å². The number of furan rings is 1. The van der Waals surface area contributed by atoms with E-state index in [2.05, 4.69) is 15.3 Å². The van der Waals surface area contributed by atoms with Crippen molar-refractivity contribution in [2.75, 3.05) is 19.5 Å². The largest absolute Gasteiger partial charge is 0.463 e. The first kappa shape index (κ1) is 20.2. The molecule has 26 heavy (non-hydrogen) atoms. The lowest BCUT2D eigenvalue weighted by molar-refractivity contribution is -0.141. The second kappa shape index (κ2) is 9.04. The Labute approximate surface area is 152 Å². The Morgan fingerprint density at radius 2 is 2.19 bits per heavy atom. The van der Waals surface area contributed by atoms with E-state index in [1.54, 1.807) is 13.0 Å². The summed E-state index contributed by atoms with van der Waals surface area (Å²) >= 11 is 0.975. The first-order valence-corrected chi connectivity index (χ1v) is 8.69. The molecule has 0 fully saturated rings. The molecule has 10 heteroatoms. The van der Waals surface area contributed by atoms with Gasteiger partial charge in [0.15, 0.2) is 10.9 Å². The van der Waals surface area contributed by atoms with Gasteiger partial charge < -0.3 is 14.5 Å². The minimum Gasteiger partial charge on any atom is -0.463 e. The standard InChI is InChI=1S/C16H18F3N3O3S/c1-10(9-24-2)20-14(23)5-7-26-15-21-11(12-4-3-6-25-12)8-13(22-15)16(17,18)19/h3-4,6,8,10H,5,7,9H2,1-2H3,(H,20,23). The number of hydrogen-bond acceptors (Lipinski definition) is 6. The van der Waals surface area contributed by atoms with Crippen LogP contribution in [0.4, 0.5) is 13.2 Å². The van der Waals surface area contributed by atoms with E-state index in [-0.39, 0.29) is 40.7 Å². The molecule has 0 aromatic carbocycles. The molecule has 2 aromatic rings. The Bertz CT molecular complexity index is 723. The SMILES string of the molecule is COCC(C)NC(=O)CCSc1nc(-c2ccco2)cc(C(F)(F)F)n1. The van der Waals surface area contributed by atoms with E-state index in [1.165, 1.54) is 19.4 Å². The molecule has 0 radical (unpaired) electrons. The molecular weight excluding hydrogens is 371 g/mol. The minimum absolute atomic E-state index is 0.0398. The number of rotatable bonds is 8. The Kier molecular flexibility index (Phi) is 7.04. The number of thioether (sulfide) groups is 1. The summed E-state index contributed by atoms with van der Waals surface area (Å²) in [6, 6.07) is 3.76. The van der Waals surface area contributed by atoms with E-state index < -0.39 is 11.9 Å². The second-order valence-corrected chi connectivity index (χ2v) is 6.48. The average molecular weight is 389 g/mol. The summed E-state index contributed by atoms with van der Waals surface area (Å²) in [4.78, 5) is 19.4. The molecule has 1 atom stereocenters. The van der Waals surface area contributed by atoms with Gasteiger partial charge in [-0.05, 0) is 25.1 Å². The molecule has 0 saturated heterocycles. The summed E-state index contributed by atoms with van der Waals surface area (Å²) in [7, 11) is 1.53. The molecule has 1 N–H and O–H groups in total.